The summed E-state index contributed by atoms with van der Waals surface area (Å²) in [6.45, 7) is 1.37. The first-order valence-corrected chi connectivity index (χ1v) is 12.9. The molecule has 35 heavy (non-hydrogen) atoms. The number of hydrogen-bond donors (Lipinski definition) is 0. The molecular weight excluding hydrogens is 454 g/mol. The van der Waals surface area contributed by atoms with Crippen molar-refractivity contribution in [3.63, 3.8) is 0 Å². The summed E-state index contributed by atoms with van der Waals surface area (Å²) in [5, 5.41) is 7.92. The second kappa shape index (κ2) is 10.1. The smallest absolute Gasteiger partial charge is 0.274 e. The highest BCUT2D eigenvalue weighted by atomic mass is 32.1. The van der Waals surface area contributed by atoms with Crippen LogP contribution < -0.4 is 0 Å². The molecule has 6 nitrogen and oxygen atoms in total. The van der Waals surface area contributed by atoms with Crippen molar-refractivity contribution in [3.05, 3.63) is 93.6 Å². The Kier molecular flexibility index (Phi) is 6.79. The lowest BCUT2D eigenvalue weighted by atomic mass is 9.90. The van der Waals surface area contributed by atoms with E-state index in [0.717, 1.165) is 53.2 Å². The third-order valence-electron chi connectivity index (χ3n) is 6.87. The van der Waals surface area contributed by atoms with E-state index in [9.17, 15) is 4.79 Å². The quantitative estimate of drug-likeness (QED) is 0.377. The zero-order chi connectivity index (χ0) is 24.4. The molecule has 0 saturated heterocycles. The van der Waals surface area contributed by atoms with Gasteiger partial charge in [-0.1, -0.05) is 60.7 Å². The molecule has 0 radical (unpaired) electrons. The van der Waals surface area contributed by atoms with Crippen molar-refractivity contribution in [2.75, 3.05) is 14.1 Å². The van der Waals surface area contributed by atoms with Crippen LogP contribution in [0.15, 0.2) is 66.0 Å². The molecule has 0 N–H and O–H groups in total. The van der Waals surface area contributed by atoms with E-state index in [-0.39, 0.29) is 5.91 Å². The molecule has 1 amide bonds. The predicted molar refractivity (Wildman–Crippen MR) is 140 cm³/mol. The van der Waals surface area contributed by atoms with Gasteiger partial charge in [0.25, 0.3) is 5.91 Å². The summed E-state index contributed by atoms with van der Waals surface area (Å²) in [5.41, 5.74) is 6.18. The number of fused-ring (bicyclic) bond motifs is 1. The second-order valence-electron chi connectivity index (χ2n) is 9.35. The third-order valence-corrected chi connectivity index (χ3v) is 7.70. The van der Waals surface area contributed by atoms with Crippen LogP contribution in [0.4, 0.5) is 0 Å². The Labute approximate surface area is 210 Å². The fourth-order valence-electron chi connectivity index (χ4n) is 4.90. The molecule has 2 heterocycles. The van der Waals surface area contributed by atoms with Gasteiger partial charge in [-0.3, -0.25) is 14.4 Å². The van der Waals surface area contributed by atoms with Gasteiger partial charge in [-0.25, -0.2) is 4.98 Å². The number of carbonyl (C=O) groups excluding carboxylic acids is 1. The maximum absolute atomic E-state index is 13.4. The number of rotatable bonds is 7. The molecule has 2 aromatic heterocycles. The van der Waals surface area contributed by atoms with E-state index >= 15 is 0 Å². The molecule has 0 fully saturated rings. The number of thiazole rings is 1. The van der Waals surface area contributed by atoms with E-state index in [2.05, 4.69) is 34.6 Å². The summed E-state index contributed by atoms with van der Waals surface area (Å²) in [5.74, 6) is -0.0126. The zero-order valence-corrected chi connectivity index (χ0v) is 21.3. The number of aromatic nitrogens is 3. The Balaban J connectivity index is 1.28. The Morgan fingerprint density at radius 3 is 2.51 bits per heavy atom. The summed E-state index contributed by atoms with van der Waals surface area (Å²) in [6, 6.07) is 20.8. The minimum atomic E-state index is -0.0126. The Hall–Kier alpha value is -3.29. The number of benzene rings is 2. The normalized spacial score (nSPS) is 15.3. The van der Waals surface area contributed by atoms with Crippen molar-refractivity contribution in [1.29, 1.82) is 0 Å². The number of likely N-dealkylation sites (N-methyl/N-ethyl adjacent to an activating group) is 1. The molecule has 1 aliphatic carbocycles. The predicted octanol–water partition coefficient (Wildman–Crippen LogP) is 4.81. The molecule has 1 atom stereocenters. The monoisotopic (exact) mass is 485 g/mol. The zero-order valence-electron chi connectivity index (χ0n) is 20.5. The number of hydrogen-bond acceptors (Lipinski definition) is 5. The molecule has 1 aliphatic rings. The van der Waals surface area contributed by atoms with Gasteiger partial charge in [0, 0.05) is 48.9 Å². The van der Waals surface area contributed by atoms with Gasteiger partial charge in [-0.15, -0.1) is 11.3 Å². The van der Waals surface area contributed by atoms with Gasteiger partial charge in [0.05, 0.1) is 12.2 Å². The SMILES string of the molecule is CN(Cc1ccccc1)C(=O)c1nn(C)c2c1C[C@H](N(C)Cc1nc(-c3ccccc3)cs1)CC2. The Morgan fingerprint density at radius 2 is 1.77 bits per heavy atom. The van der Waals surface area contributed by atoms with Crippen molar-refractivity contribution in [2.24, 2.45) is 7.05 Å². The van der Waals surface area contributed by atoms with Gasteiger partial charge < -0.3 is 4.90 Å². The van der Waals surface area contributed by atoms with Gasteiger partial charge in [-0.2, -0.15) is 5.10 Å². The molecule has 5 rings (SSSR count). The van der Waals surface area contributed by atoms with Crippen LogP contribution >= 0.6 is 11.3 Å². The first-order valence-electron chi connectivity index (χ1n) is 12.0. The third kappa shape index (κ3) is 5.06. The van der Waals surface area contributed by atoms with Gasteiger partial charge in [0.1, 0.15) is 5.01 Å². The van der Waals surface area contributed by atoms with E-state index < -0.39 is 0 Å². The maximum Gasteiger partial charge on any atom is 0.274 e. The van der Waals surface area contributed by atoms with Crippen LogP contribution in [-0.2, 0) is 33.0 Å². The average molecular weight is 486 g/mol. The van der Waals surface area contributed by atoms with Crippen molar-refractivity contribution < 1.29 is 4.79 Å². The van der Waals surface area contributed by atoms with Gasteiger partial charge >= 0.3 is 0 Å². The first kappa shape index (κ1) is 23.5. The molecule has 0 bridgehead atoms. The van der Waals surface area contributed by atoms with Crippen LogP contribution in [0.25, 0.3) is 11.3 Å². The van der Waals surface area contributed by atoms with Crippen LogP contribution in [0.1, 0.15) is 38.7 Å². The highest BCUT2D eigenvalue weighted by molar-refractivity contribution is 7.09. The van der Waals surface area contributed by atoms with E-state index in [0.29, 0.717) is 18.3 Å². The number of aryl methyl sites for hydroxylation is 1. The van der Waals surface area contributed by atoms with Crippen molar-refractivity contribution >= 4 is 17.2 Å². The summed E-state index contributed by atoms with van der Waals surface area (Å²) >= 11 is 1.71. The summed E-state index contributed by atoms with van der Waals surface area (Å²) in [7, 11) is 5.98. The molecule has 0 saturated carbocycles. The van der Waals surface area contributed by atoms with Gasteiger partial charge in [0.15, 0.2) is 5.69 Å². The molecule has 7 heteroatoms. The fraction of sp³-hybridized carbons (Fsp3) is 0.321. The highest BCUT2D eigenvalue weighted by Crippen LogP contribution is 2.29. The van der Waals surface area contributed by atoms with E-state index in [1.165, 1.54) is 5.69 Å². The molecule has 0 unspecified atom stereocenters. The van der Waals surface area contributed by atoms with Crippen LogP contribution in [0, 0.1) is 0 Å². The van der Waals surface area contributed by atoms with E-state index in [4.69, 9.17) is 4.98 Å². The van der Waals surface area contributed by atoms with Crippen molar-refractivity contribution in [2.45, 2.75) is 38.4 Å². The summed E-state index contributed by atoms with van der Waals surface area (Å²) in [4.78, 5) is 22.4. The van der Waals surface area contributed by atoms with Gasteiger partial charge in [0.2, 0.25) is 0 Å². The lowest BCUT2D eigenvalue weighted by molar-refractivity contribution is 0.0776. The number of nitrogens with zero attached hydrogens (tertiary/aromatic N) is 5. The first-order chi connectivity index (χ1) is 17.0. The lowest BCUT2D eigenvalue weighted by Crippen LogP contribution is -2.37. The fourth-order valence-corrected chi connectivity index (χ4v) is 5.76. The van der Waals surface area contributed by atoms with Crippen LogP contribution in [0.3, 0.4) is 0 Å². The minimum absolute atomic E-state index is 0.0126. The molecule has 180 valence electrons. The molecule has 0 spiro atoms. The lowest BCUT2D eigenvalue weighted by Gasteiger charge is -2.31. The van der Waals surface area contributed by atoms with Crippen LogP contribution in [-0.4, -0.2) is 50.6 Å². The summed E-state index contributed by atoms with van der Waals surface area (Å²) < 4.78 is 1.90. The average Bonchev–Trinajstić information content (AvgIpc) is 3.49. The van der Waals surface area contributed by atoms with E-state index in [1.807, 2.05) is 67.3 Å². The molecular formula is C28H31N5OS. The highest BCUT2D eigenvalue weighted by Gasteiger charge is 2.31. The minimum Gasteiger partial charge on any atom is -0.336 e. The van der Waals surface area contributed by atoms with Crippen molar-refractivity contribution in [3.8, 4) is 11.3 Å². The Bertz CT molecular complexity index is 1300. The molecule has 4 aromatic rings. The molecule has 2 aromatic carbocycles. The summed E-state index contributed by atoms with van der Waals surface area (Å²) in [6.07, 6.45) is 2.81. The van der Waals surface area contributed by atoms with Crippen LogP contribution in [0.2, 0.25) is 0 Å². The van der Waals surface area contributed by atoms with Crippen LogP contribution in [0.5, 0.6) is 0 Å². The number of amides is 1. The largest absolute Gasteiger partial charge is 0.336 e. The standard InChI is InChI=1S/C28H31N5OS/c1-31(18-26-29-24(19-35-26)21-12-8-5-9-13-21)22-14-15-25-23(16-22)27(30-33(25)3)28(34)32(2)17-20-10-6-4-7-11-20/h4-13,19,22H,14-18H2,1-3H3/t22-/m1/s1. The molecule has 0 aliphatic heterocycles. The van der Waals surface area contributed by atoms with E-state index in [1.54, 1.807) is 16.2 Å². The Morgan fingerprint density at radius 1 is 1.06 bits per heavy atom. The topological polar surface area (TPSA) is 54.3 Å². The number of carbonyl (C=O) groups is 1. The van der Waals surface area contributed by atoms with Crippen molar-refractivity contribution in [1.82, 2.24) is 24.6 Å². The second-order valence-corrected chi connectivity index (χ2v) is 10.3. The maximum atomic E-state index is 13.4. The van der Waals surface area contributed by atoms with Gasteiger partial charge in [-0.05, 0) is 31.9 Å².